The van der Waals surface area contributed by atoms with Gasteiger partial charge in [-0.15, -0.1) is 0 Å². The Morgan fingerprint density at radius 3 is 2.94 bits per heavy atom. The fourth-order valence-corrected chi connectivity index (χ4v) is 2.14. The Labute approximate surface area is 98.6 Å². The van der Waals surface area contributed by atoms with E-state index in [9.17, 15) is 4.79 Å². The van der Waals surface area contributed by atoms with E-state index in [-0.39, 0.29) is 5.91 Å². The monoisotopic (exact) mass is 227 g/mol. The van der Waals surface area contributed by atoms with Gasteiger partial charge in [0.1, 0.15) is 0 Å². The van der Waals surface area contributed by atoms with Gasteiger partial charge in [-0.25, -0.2) is 0 Å². The van der Waals surface area contributed by atoms with Gasteiger partial charge in [-0.2, -0.15) is 0 Å². The summed E-state index contributed by atoms with van der Waals surface area (Å²) in [6, 6.07) is 0.745. The molecule has 1 aliphatic heterocycles. The third-order valence-electron chi connectivity index (χ3n) is 3.25. The van der Waals surface area contributed by atoms with Crippen LogP contribution in [-0.4, -0.2) is 42.5 Å². The summed E-state index contributed by atoms with van der Waals surface area (Å²) in [5.74, 6) is 0.149. The number of carbonyl (C=O) groups excluding carboxylic acids is 1. The molecular weight excluding hydrogens is 202 g/mol. The Kier molecular flexibility index (Phi) is 5.77. The van der Waals surface area contributed by atoms with Crippen molar-refractivity contribution in [3.63, 3.8) is 0 Å². The fourth-order valence-electron chi connectivity index (χ4n) is 2.14. The molecule has 0 aliphatic carbocycles. The molecule has 4 nitrogen and oxygen atoms in total. The van der Waals surface area contributed by atoms with Crippen molar-refractivity contribution in [3.05, 3.63) is 0 Å². The summed E-state index contributed by atoms with van der Waals surface area (Å²) in [7, 11) is 0. The molecule has 1 fully saturated rings. The van der Waals surface area contributed by atoms with E-state index in [0.717, 1.165) is 38.8 Å². The van der Waals surface area contributed by atoms with E-state index < -0.39 is 0 Å². The second-order valence-corrected chi connectivity index (χ2v) is 4.81. The number of hydrogen-bond acceptors (Lipinski definition) is 3. The number of rotatable bonds is 5. The third-order valence-corrected chi connectivity index (χ3v) is 3.25. The molecule has 2 atom stereocenters. The molecule has 0 radical (unpaired) electrons. The summed E-state index contributed by atoms with van der Waals surface area (Å²) in [6.45, 7) is 6.55. The van der Waals surface area contributed by atoms with E-state index in [0.29, 0.717) is 18.6 Å². The zero-order valence-corrected chi connectivity index (χ0v) is 10.5. The van der Waals surface area contributed by atoms with Crippen molar-refractivity contribution in [1.29, 1.82) is 0 Å². The van der Waals surface area contributed by atoms with E-state index in [1.54, 1.807) is 0 Å². The number of piperidine rings is 1. The number of nitrogens with two attached hydrogens (primary N) is 1. The van der Waals surface area contributed by atoms with Crippen LogP contribution in [0, 0.1) is 0 Å². The Hall–Kier alpha value is -0.610. The quantitative estimate of drug-likeness (QED) is 0.680. The molecule has 4 heteroatoms. The molecule has 0 aromatic carbocycles. The minimum absolute atomic E-state index is 0.149. The second-order valence-electron chi connectivity index (χ2n) is 4.81. The van der Waals surface area contributed by atoms with Crippen molar-refractivity contribution >= 4 is 5.91 Å². The largest absolute Gasteiger partial charge is 0.355 e. The standard InChI is InChI=1S/C12H25N3O/c1-3-4-6-14-12(16)9-15-7-5-11(13)8-10(15)2/h10-11H,3-9,13H2,1-2H3,(H,14,16). The van der Waals surface area contributed by atoms with Gasteiger partial charge in [-0.3, -0.25) is 9.69 Å². The van der Waals surface area contributed by atoms with Crippen molar-refractivity contribution < 1.29 is 4.79 Å². The van der Waals surface area contributed by atoms with Crippen molar-refractivity contribution in [3.8, 4) is 0 Å². The Morgan fingerprint density at radius 2 is 2.31 bits per heavy atom. The Balaban J connectivity index is 2.22. The maximum absolute atomic E-state index is 11.6. The van der Waals surface area contributed by atoms with E-state index in [1.807, 2.05) is 0 Å². The van der Waals surface area contributed by atoms with Crippen molar-refractivity contribution in [2.45, 2.75) is 51.6 Å². The second kappa shape index (κ2) is 6.86. The first-order valence-electron chi connectivity index (χ1n) is 6.39. The van der Waals surface area contributed by atoms with Crippen LogP contribution in [0.2, 0.25) is 0 Å². The lowest BCUT2D eigenvalue weighted by Crippen LogP contribution is -2.49. The van der Waals surface area contributed by atoms with Gasteiger partial charge in [0.15, 0.2) is 0 Å². The van der Waals surface area contributed by atoms with Gasteiger partial charge in [0.2, 0.25) is 5.91 Å². The maximum atomic E-state index is 11.6. The minimum atomic E-state index is 0.149. The summed E-state index contributed by atoms with van der Waals surface area (Å²) >= 11 is 0. The van der Waals surface area contributed by atoms with Crippen LogP contribution in [0.25, 0.3) is 0 Å². The van der Waals surface area contributed by atoms with Gasteiger partial charge in [-0.1, -0.05) is 13.3 Å². The molecule has 16 heavy (non-hydrogen) atoms. The lowest BCUT2D eigenvalue weighted by Gasteiger charge is -2.35. The number of nitrogens with zero attached hydrogens (tertiary/aromatic N) is 1. The average Bonchev–Trinajstić information content (AvgIpc) is 2.23. The van der Waals surface area contributed by atoms with Crippen LogP contribution < -0.4 is 11.1 Å². The number of nitrogens with one attached hydrogen (secondary N) is 1. The van der Waals surface area contributed by atoms with E-state index in [2.05, 4.69) is 24.1 Å². The maximum Gasteiger partial charge on any atom is 0.234 e. The van der Waals surface area contributed by atoms with E-state index in [1.165, 1.54) is 0 Å². The minimum Gasteiger partial charge on any atom is -0.355 e. The first kappa shape index (κ1) is 13.5. The number of unbranched alkanes of at least 4 members (excludes halogenated alkanes) is 1. The fraction of sp³-hybridized carbons (Fsp3) is 0.917. The van der Waals surface area contributed by atoms with Gasteiger partial charge in [0.05, 0.1) is 6.54 Å². The van der Waals surface area contributed by atoms with Gasteiger partial charge < -0.3 is 11.1 Å². The van der Waals surface area contributed by atoms with Crippen molar-refractivity contribution in [1.82, 2.24) is 10.2 Å². The van der Waals surface area contributed by atoms with Gasteiger partial charge >= 0.3 is 0 Å². The van der Waals surface area contributed by atoms with Crippen LogP contribution in [0.3, 0.4) is 0 Å². The molecule has 0 spiro atoms. The first-order chi connectivity index (χ1) is 7.63. The van der Waals surface area contributed by atoms with Crippen molar-refractivity contribution in [2.75, 3.05) is 19.6 Å². The molecule has 0 aromatic heterocycles. The van der Waals surface area contributed by atoms with Crippen LogP contribution in [0.15, 0.2) is 0 Å². The normalized spacial score (nSPS) is 26.7. The number of carbonyl (C=O) groups is 1. The average molecular weight is 227 g/mol. The lowest BCUT2D eigenvalue weighted by atomic mass is 9.99. The van der Waals surface area contributed by atoms with Crippen LogP contribution in [0.1, 0.15) is 39.5 Å². The summed E-state index contributed by atoms with van der Waals surface area (Å²) in [5, 5.41) is 2.95. The molecule has 0 bridgehead atoms. The van der Waals surface area contributed by atoms with Gasteiger partial charge in [-0.05, 0) is 26.2 Å². The molecule has 1 aliphatic rings. The van der Waals surface area contributed by atoms with E-state index >= 15 is 0 Å². The van der Waals surface area contributed by atoms with Gasteiger partial charge in [0, 0.05) is 25.2 Å². The molecule has 3 N–H and O–H groups in total. The SMILES string of the molecule is CCCCNC(=O)CN1CCC(N)CC1C. The molecule has 1 heterocycles. The van der Waals surface area contributed by atoms with Crippen molar-refractivity contribution in [2.24, 2.45) is 5.73 Å². The van der Waals surface area contributed by atoms with Crippen LogP contribution in [-0.2, 0) is 4.79 Å². The predicted molar refractivity (Wildman–Crippen MR) is 66.2 cm³/mol. The van der Waals surface area contributed by atoms with Gasteiger partial charge in [0.25, 0.3) is 0 Å². The summed E-state index contributed by atoms with van der Waals surface area (Å²) < 4.78 is 0. The lowest BCUT2D eigenvalue weighted by molar-refractivity contribution is -0.123. The highest BCUT2D eigenvalue weighted by molar-refractivity contribution is 5.78. The molecule has 94 valence electrons. The predicted octanol–water partition coefficient (Wildman–Crippen LogP) is 0.714. The zero-order chi connectivity index (χ0) is 12.0. The number of hydrogen-bond donors (Lipinski definition) is 2. The highest BCUT2D eigenvalue weighted by Crippen LogP contribution is 2.14. The van der Waals surface area contributed by atoms with Crippen LogP contribution >= 0.6 is 0 Å². The molecule has 0 saturated carbocycles. The highest BCUT2D eigenvalue weighted by Gasteiger charge is 2.24. The summed E-state index contributed by atoms with van der Waals surface area (Å²) in [6.07, 6.45) is 4.19. The Morgan fingerprint density at radius 1 is 1.56 bits per heavy atom. The molecule has 1 rings (SSSR count). The summed E-state index contributed by atoms with van der Waals surface area (Å²) in [5.41, 5.74) is 5.89. The summed E-state index contributed by atoms with van der Waals surface area (Å²) in [4.78, 5) is 13.9. The number of amides is 1. The zero-order valence-electron chi connectivity index (χ0n) is 10.5. The first-order valence-corrected chi connectivity index (χ1v) is 6.39. The number of likely N-dealkylation sites (tertiary alicyclic amines) is 1. The highest BCUT2D eigenvalue weighted by atomic mass is 16.2. The molecule has 1 saturated heterocycles. The smallest absolute Gasteiger partial charge is 0.234 e. The van der Waals surface area contributed by atoms with E-state index in [4.69, 9.17) is 5.73 Å². The molecule has 0 aromatic rings. The molecule has 2 unspecified atom stereocenters. The third kappa shape index (κ3) is 4.49. The van der Waals surface area contributed by atoms with Crippen LogP contribution in [0.4, 0.5) is 0 Å². The van der Waals surface area contributed by atoms with Crippen LogP contribution in [0.5, 0.6) is 0 Å². The molecular formula is C12H25N3O. The Bertz CT molecular complexity index is 220. The topological polar surface area (TPSA) is 58.4 Å². The molecule has 1 amide bonds.